The van der Waals surface area contributed by atoms with E-state index in [9.17, 15) is 13.6 Å². The Hall–Kier alpha value is -2.06. The minimum Gasteiger partial charge on any atom is -0.435 e. The van der Waals surface area contributed by atoms with E-state index < -0.39 is 6.61 Å². The van der Waals surface area contributed by atoms with Crippen LogP contribution >= 0.6 is 11.3 Å². The standard InChI is InChI=1S/C16H19F2N3O2S/c1-11-19-8-14(24-11)9-21(2)10-15(22)20-7-12-3-5-13(6-4-12)23-16(17)18/h3-6,8,16H,7,9-10H2,1-2H3,(H,20,22). The van der Waals surface area contributed by atoms with Gasteiger partial charge in [0.15, 0.2) is 0 Å². The van der Waals surface area contributed by atoms with Gasteiger partial charge < -0.3 is 10.1 Å². The fourth-order valence-corrected chi connectivity index (χ4v) is 2.97. The number of nitrogens with zero attached hydrogens (tertiary/aromatic N) is 2. The van der Waals surface area contributed by atoms with E-state index in [2.05, 4.69) is 15.0 Å². The fourth-order valence-electron chi connectivity index (χ4n) is 2.09. The molecular weight excluding hydrogens is 336 g/mol. The first-order chi connectivity index (χ1) is 11.4. The Bertz CT molecular complexity index is 662. The van der Waals surface area contributed by atoms with Crippen LogP contribution in [0.25, 0.3) is 0 Å². The molecule has 2 aromatic rings. The largest absolute Gasteiger partial charge is 0.435 e. The summed E-state index contributed by atoms with van der Waals surface area (Å²) in [4.78, 5) is 19.1. The van der Waals surface area contributed by atoms with Crippen molar-refractivity contribution in [1.82, 2.24) is 15.2 Å². The second kappa shape index (κ2) is 8.70. The zero-order valence-electron chi connectivity index (χ0n) is 13.5. The van der Waals surface area contributed by atoms with E-state index in [1.165, 1.54) is 12.1 Å². The molecule has 0 bridgehead atoms. The monoisotopic (exact) mass is 355 g/mol. The highest BCUT2D eigenvalue weighted by Gasteiger charge is 2.09. The average Bonchev–Trinajstić information content (AvgIpc) is 2.91. The molecule has 2 rings (SSSR count). The van der Waals surface area contributed by atoms with Gasteiger partial charge in [-0.15, -0.1) is 11.3 Å². The number of likely N-dealkylation sites (N-methyl/N-ethyl adjacent to an activating group) is 1. The normalized spacial score (nSPS) is 11.1. The molecule has 1 amide bonds. The second-order valence-electron chi connectivity index (χ2n) is 5.32. The van der Waals surface area contributed by atoms with Crippen LogP contribution in [0.15, 0.2) is 30.5 Å². The van der Waals surface area contributed by atoms with Crippen molar-refractivity contribution in [2.75, 3.05) is 13.6 Å². The van der Waals surface area contributed by atoms with Crippen molar-refractivity contribution in [2.45, 2.75) is 26.6 Å². The molecule has 0 spiro atoms. The van der Waals surface area contributed by atoms with Gasteiger partial charge in [0.05, 0.1) is 11.6 Å². The molecule has 0 saturated heterocycles. The van der Waals surface area contributed by atoms with Gasteiger partial charge in [-0.2, -0.15) is 8.78 Å². The number of amides is 1. The zero-order chi connectivity index (χ0) is 17.5. The third-order valence-electron chi connectivity index (χ3n) is 3.15. The van der Waals surface area contributed by atoms with Gasteiger partial charge in [-0.05, 0) is 31.7 Å². The Morgan fingerprint density at radius 2 is 2.08 bits per heavy atom. The molecule has 0 aliphatic rings. The van der Waals surface area contributed by atoms with Crippen molar-refractivity contribution >= 4 is 17.2 Å². The Kier molecular flexibility index (Phi) is 6.62. The van der Waals surface area contributed by atoms with E-state index in [4.69, 9.17) is 0 Å². The number of ether oxygens (including phenoxy) is 1. The summed E-state index contributed by atoms with van der Waals surface area (Å²) >= 11 is 1.61. The van der Waals surface area contributed by atoms with Crippen LogP contribution in [-0.4, -0.2) is 36.0 Å². The van der Waals surface area contributed by atoms with Crippen molar-refractivity contribution in [1.29, 1.82) is 0 Å². The first-order valence-electron chi connectivity index (χ1n) is 7.32. The molecule has 0 saturated carbocycles. The predicted molar refractivity (Wildman–Crippen MR) is 88.1 cm³/mol. The lowest BCUT2D eigenvalue weighted by molar-refractivity contribution is -0.122. The predicted octanol–water partition coefficient (Wildman–Crippen LogP) is 2.80. The van der Waals surface area contributed by atoms with Crippen LogP contribution in [0.5, 0.6) is 5.75 Å². The lowest BCUT2D eigenvalue weighted by Crippen LogP contribution is -2.34. The van der Waals surface area contributed by atoms with Crippen LogP contribution in [0.4, 0.5) is 8.78 Å². The van der Waals surface area contributed by atoms with Crippen LogP contribution < -0.4 is 10.1 Å². The summed E-state index contributed by atoms with van der Waals surface area (Å²) in [6.45, 7) is 0.371. The summed E-state index contributed by atoms with van der Waals surface area (Å²) in [5.74, 6) is -0.00805. The van der Waals surface area contributed by atoms with Crippen LogP contribution in [0, 0.1) is 6.92 Å². The van der Waals surface area contributed by atoms with Crippen molar-refractivity contribution in [3.8, 4) is 5.75 Å². The Morgan fingerprint density at radius 3 is 2.67 bits per heavy atom. The van der Waals surface area contributed by atoms with Gasteiger partial charge in [0.2, 0.25) is 5.91 Å². The van der Waals surface area contributed by atoms with Crippen LogP contribution in [0.1, 0.15) is 15.4 Å². The van der Waals surface area contributed by atoms with Crippen LogP contribution in [0.3, 0.4) is 0 Å². The number of hydrogen-bond acceptors (Lipinski definition) is 5. The van der Waals surface area contributed by atoms with E-state index in [0.29, 0.717) is 13.1 Å². The van der Waals surface area contributed by atoms with Crippen molar-refractivity contribution in [3.05, 3.63) is 45.9 Å². The molecule has 8 heteroatoms. The fraction of sp³-hybridized carbons (Fsp3) is 0.375. The molecule has 130 valence electrons. The Morgan fingerprint density at radius 1 is 1.38 bits per heavy atom. The number of alkyl halides is 2. The summed E-state index contributed by atoms with van der Waals surface area (Å²) in [6.07, 6.45) is 1.82. The number of benzene rings is 1. The van der Waals surface area contributed by atoms with Gasteiger partial charge in [0.1, 0.15) is 5.75 Å². The molecule has 0 radical (unpaired) electrons. The highest BCUT2D eigenvalue weighted by Crippen LogP contribution is 2.15. The minimum absolute atomic E-state index is 0.0969. The molecule has 1 aromatic heterocycles. The third kappa shape index (κ3) is 6.21. The molecule has 0 fully saturated rings. The smallest absolute Gasteiger partial charge is 0.387 e. The summed E-state index contributed by atoms with van der Waals surface area (Å²) < 4.78 is 28.4. The Balaban J connectivity index is 1.74. The zero-order valence-corrected chi connectivity index (χ0v) is 14.3. The lowest BCUT2D eigenvalue weighted by atomic mass is 10.2. The van der Waals surface area contributed by atoms with Gasteiger partial charge in [-0.25, -0.2) is 4.98 Å². The molecule has 5 nitrogen and oxygen atoms in total. The summed E-state index contributed by atoms with van der Waals surface area (Å²) in [5, 5.41) is 3.80. The highest BCUT2D eigenvalue weighted by molar-refractivity contribution is 7.11. The van der Waals surface area contributed by atoms with Crippen LogP contribution in [-0.2, 0) is 17.9 Å². The SMILES string of the molecule is Cc1ncc(CN(C)CC(=O)NCc2ccc(OC(F)F)cc2)s1. The van der Waals surface area contributed by atoms with Gasteiger partial charge in [0, 0.05) is 24.2 Å². The number of carbonyl (C=O) groups is 1. The topological polar surface area (TPSA) is 54.5 Å². The summed E-state index contributed by atoms with van der Waals surface area (Å²) in [5.41, 5.74) is 0.811. The lowest BCUT2D eigenvalue weighted by Gasteiger charge is -2.15. The molecule has 1 aromatic carbocycles. The quantitative estimate of drug-likeness (QED) is 0.791. The molecule has 0 unspecified atom stereocenters. The Labute approximate surface area is 143 Å². The molecule has 0 atom stereocenters. The van der Waals surface area contributed by atoms with Gasteiger partial charge in [0.25, 0.3) is 0 Å². The maximum Gasteiger partial charge on any atom is 0.387 e. The van der Waals surface area contributed by atoms with Crippen molar-refractivity contribution in [2.24, 2.45) is 0 Å². The molecule has 1 N–H and O–H groups in total. The maximum absolute atomic E-state index is 12.1. The van der Waals surface area contributed by atoms with E-state index in [1.807, 2.05) is 25.1 Å². The maximum atomic E-state index is 12.1. The number of rotatable bonds is 8. The highest BCUT2D eigenvalue weighted by atomic mass is 32.1. The summed E-state index contributed by atoms with van der Waals surface area (Å²) in [7, 11) is 1.87. The minimum atomic E-state index is -2.84. The van der Waals surface area contributed by atoms with E-state index in [0.717, 1.165) is 15.4 Å². The molecule has 0 aliphatic carbocycles. The van der Waals surface area contributed by atoms with Gasteiger partial charge in [-0.1, -0.05) is 12.1 Å². The van der Waals surface area contributed by atoms with Crippen molar-refractivity contribution in [3.63, 3.8) is 0 Å². The number of carbonyl (C=O) groups excluding carboxylic acids is 1. The first-order valence-corrected chi connectivity index (χ1v) is 8.14. The molecule has 24 heavy (non-hydrogen) atoms. The third-order valence-corrected chi connectivity index (χ3v) is 4.04. The second-order valence-corrected chi connectivity index (χ2v) is 6.64. The molecule has 1 heterocycles. The number of halogens is 2. The van der Waals surface area contributed by atoms with Crippen molar-refractivity contribution < 1.29 is 18.3 Å². The van der Waals surface area contributed by atoms with Gasteiger partial charge >= 0.3 is 6.61 Å². The number of nitrogens with one attached hydrogen (secondary N) is 1. The molecule has 0 aliphatic heterocycles. The van der Waals surface area contributed by atoms with E-state index >= 15 is 0 Å². The first kappa shape index (κ1) is 18.3. The average molecular weight is 355 g/mol. The van der Waals surface area contributed by atoms with E-state index in [-0.39, 0.29) is 18.2 Å². The number of aryl methyl sites for hydroxylation is 1. The van der Waals surface area contributed by atoms with E-state index in [1.54, 1.807) is 23.5 Å². The molecular formula is C16H19F2N3O2S. The number of thiazole rings is 1. The summed E-state index contributed by atoms with van der Waals surface area (Å²) in [6, 6.07) is 6.18. The van der Waals surface area contributed by atoms with Crippen LogP contribution in [0.2, 0.25) is 0 Å². The number of hydrogen-bond donors (Lipinski definition) is 1. The van der Waals surface area contributed by atoms with Gasteiger partial charge in [-0.3, -0.25) is 9.69 Å². The number of aromatic nitrogens is 1.